The highest BCUT2D eigenvalue weighted by atomic mass is 32.2. The molecule has 1 N–H and O–H groups in total. The van der Waals surface area contributed by atoms with E-state index in [1.54, 1.807) is 7.11 Å². The molecular formula is C19H21FN4O3S. The molecule has 9 heteroatoms. The second-order valence-corrected chi connectivity index (χ2v) is 8.64. The number of nitrogens with zero attached hydrogens (tertiary/aromatic N) is 3. The molecule has 1 fully saturated rings. The van der Waals surface area contributed by atoms with E-state index in [0.29, 0.717) is 32.7 Å². The highest BCUT2D eigenvalue weighted by Crippen LogP contribution is 2.21. The van der Waals surface area contributed by atoms with Crippen molar-refractivity contribution in [2.75, 3.05) is 33.3 Å². The molecule has 1 aliphatic heterocycles. The molecule has 0 amide bonds. The number of rotatable bonds is 5. The van der Waals surface area contributed by atoms with E-state index in [1.807, 2.05) is 18.2 Å². The molecule has 0 bridgehead atoms. The first-order valence-electron chi connectivity index (χ1n) is 8.96. The van der Waals surface area contributed by atoms with Crippen molar-refractivity contribution in [1.82, 2.24) is 19.2 Å². The van der Waals surface area contributed by atoms with Crippen molar-refractivity contribution < 1.29 is 17.5 Å². The first-order chi connectivity index (χ1) is 13.5. The minimum atomic E-state index is -3.60. The Balaban J connectivity index is 1.41. The minimum Gasteiger partial charge on any atom is -0.497 e. The van der Waals surface area contributed by atoms with Gasteiger partial charge in [-0.05, 0) is 36.4 Å². The zero-order valence-electron chi connectivity index (χ0n) is 15.4. The lowest BCUT2D eigenvalue weighted by Gasteiger charge is -2.33. The predicted octanol–water partition coefficient (Wildman–Crippen LogP) is 2.22. The lowest BCUT2D eigenvalue weighted by atomic mass is 10.3. The van der Waals surface area contributed by atoms with Crippen molar-refractivity contribution >= 4 is 21.1 Å². The Bertz CT molecular complexity index is 1070. The third kappa shape index (κ3) is 3.73. The van der Waals surface area contributed by atoms with Crippen molar-refractivity contribution in [3.63, 3.8) is 0 Å². The van der Waals surface area contributed by atoms with Crippen LogP contribution in [0.1, 0.15) is 5.82 Å². The molecule has 0 radical (unpaired) electrons. The van der Waals surface area contributed by atoms with Gasteiger partial charge < -0.3 is 9.72 Å². The van der Waals surface area contributed by atoms with Crippen LogP contribution >= 0.6 is 0 Å². The third-order valence-electron chi connectivity index (χ3n) is 4.89. The summed E-state index contributed by atoms with van der Waals surface area (Å²) in [5.74, 6) is 1.15. The fraction of sp³-hybridized carbons (Fsp3) is 0.316. The normalized spacial score (nSPS) is 16.5. The number of hydrogen-bond acceptors (Lipinski definition) is 5. The van der Waals surface area contributed by atoms with Crippen molar-refractivity contribution in [3.8, 4) is 5.75 Å². The SMILES string of the molecule is COc1ccc2nc(CN3CCN(S(=O)(=O)c4ccc(F)cc4)CC3)[nH]c2c1. The molecule has 0 unspecified atom stereocenters. The Labute approximate surface area is 162 Å². The maximum absolute atomic E-state index is 13.1. The summed E-state index contributed by atoms with van der Waals surface area (Å²) in [6.45, 7) is 2.57. The Hall–Kier alpha value is -2.49. The standard InChI is InChI=1S/C19H21FN4O3S/c1-27-15-4-7-17-18(12-15)22-19(21-17)13-23-8-10-24(11-9-23)28(25,26)16-5-2-14(20)3-6-16/h2-7,12H,8-11,13H2,1H3,(H,21,22). The average molecular weight is 404 g/mol. The van der Waals surface area contributed by atoms with Gasteiger partial charge in [0.15, 0.2) is 0 Å². The molecule has 0 atom stereocenters. The number of aromatic amines is 1. The van der Waals surface area contributed by atoms with Crippen LogP contribution in [0.2, 0.25) is 0 Å². The number of aromatic nitrogens is 2. The van der Waals surface area contributed by atoms with Crippen LogP contribution in [0.5, 0.6) is 5.75 Å². The van der Waals surface area contributed by atoms with Crippen LogP contribution in [0.25, 0.3) is 11.0 Å². The fourth-order valence-corrected chi connectivity index (χ4v) is 4.76. The second kappa shape index (κ2) is 7.50. The van der Waals surface area contributed by atoms with Gasteiger partial charge in [-0.3, -0.25) is 4.90 Å². The first kappa shape index (κ1) is 18.9. The fourth-order valence-electron chi connectivity index (χ4n) is 3.34. The van der Waals surface area contributed by atoms with E-state index in [4.69, 9.17) is 4.74 Å². The number of fused-ring (bicyclic) bond motifs is 1. The smallest absolute Gasteiger partial charge is 0.243 e. The topological polar surface area (TPSA) is 78.5 Å². The van der Waals surface area contributed by atoms with E-state index in [1.165, 1.54) is 28.6 Å². The molecule has 3 aromatic rings. The van der Waals surface area contributed by atoms with Gasteiger partial charge in [0, 0.05) is 32.2 Å². The van der Waals surface area contributed by atoms with Gasteiger partial charge in [0.2, 0.25) is 10.0 Å². The van der Waals surface area contributed by atoms with Gasteiger partial charge in [-0.1, -0.05) is 0 Å². The second-order valence-electron chi connectivity index (χ2n) is 6.70. The number of nitrogens with one attached hydrogen (secondary N) is 1. The number of benzene rings is 2. The summed E-state index contributed by atoms with van der Waals surface area (Å²) in [6.07, 6.45) is 0. The highest BCUT2D eigenvalue weighted by Gasteiger charge is 2.28. The number of imidazole rings is 1. The molecule has 1 aliphatic rings. The summed E-state index contributed by atoms with van der Waals surface area (Å²) in [4.78, 5) is 10.2. The van der Waals surface area contributed by atoms with Crippen LogP contribution in [0, 0.1) is 5.82 Å². The van der Waals surface area contributed by atoms with Crippen LogP contribution in [-0.2, 0) is 16.6 Å². The molecule has 0 aliphatic carbocycles. The molecule has 1 aromatic heterocycles. The summed E-state index contributed by atoms with van der Waals surface area (Å²) in [5.41, 5.74) is 1.78. The zero-order valence-corrected chi connectivity index (χ0v) is 16.2. The molecule has 0 spiro atoms. The third-order valence-corrected chi connectivity index (χ3v) is 6.81. The van der Waals surface area contributed by atoms with Crippen LogP contribution in [0.15, 0.2) is 47.4 Å². The van der Waals surface area contributed by atoms with E-state index < -0.39 is 15.8 Å². The lowest BCUT2D eigenvalue weighted by Crippen LogP contribution is -2.48. The van der Waals surface area contributed by atoms with Gasteiger partial charge in [0.05, 0.1) is 29.6 Å². The monoisotopic (exact) mass is 404 g/mol. The average Bonchev–Trinajstić information content (AvgIpc) is 3.10. The van der Waals surface area contributed by atoms with E-state index >= 15 is 0 Å². The number of sulfonamides is 1. The van der Waals surface area contributed by atoms with Gasteiger partial charge in [-0.25, -0.2) is 17.8 Å². The minimum absolute atomic E-state index is 0.119. The number of halogens is 1. The molecule has 7 nitrogen and oxygen atoms in total. The number of piperazine rings is 1. The highest BCUT2D eigenvalue weighted by molar-refractivity contribution is 7.89. The summed E-state index contributed by atoms with van der Waals surface area (Å²) < 4.78 is 45.1. The number of ether oxygens (including phenoxy) is 1. The van der Waals surface area contributed by atoms with Gasteiger partial charge >= 0.3 is 0 Å². The predicted molar refractivity (Wildman–Crippen MR) is 103 cm³/mol. The van der Waals surface area contributed by atoms with Crippen LogP contribution < -0.4 is 4.74 Å². The van der Waals surface area contributed by atoms with E-state index in [9.17, 15) is 12.8 Å². The van der Waals surface area contributed by atoms with Gasteiger partial charge in [0.1, 0.15) is 17.4 Å². The molecule has 2 heterocycles. The number of H-pyrrole nitrogens is 1. The van der Waals surface area contributed by atoms with Crippen molar-refractivity contribution in [2.45, 2.75) is 11.4 Å². The summed E-state index contributed by atoms with van der Waals surface area (Å²) in [5, 5.41) is 0. The molecule has 1 saturated heterocycles. The van der Waals surface area contributed by atoms with E-state index in [-0.39, 0.29) is 4.90 Å². The maximum Gasteiger partial charge on any atom is 0.243 e. The number of methoxy groups -OCH3 is 1. The zero-order chi connectivity index (χ0) is 19.7. The summed E-state index contributed by atoms with van der Waals surface area (Å²) in [6, 6.07) is 10.6. The molecule has 2 aromatic carbocycles. The van der Waals surface area contributed by atoms with Crippen molar-refractivity contribution in [3.05, 3.63) is 54.1 Å². The Morgan fingerprint density at radius 1 is 1.11 bits per heavy atom. The first-order valence-corrected chi connectivity index (χ1v) is 10.4. The van der Waals surface area contributed by atoms with Crippen molar-refractivity contribution in [2.24, 2.45) is 0 Å². The van der Waals surface area contributed by atoms with E-state index in [2.05, 4.69) is 14.9 Å². The Morgan fingerprint density at radius 2 is 1.82 bits per heavy atom. The summed E-state index contributed by atoms with van der Waals surface area (Å²) in [7, 11) is -1.98. The summed E-state index contributed by atoms with van der Waals surface area (Å²) >= 11 is 0. The van der Waals surface area contributed by atoms with Crippen LogP contribution in [0.4, 0.5) is 4.39 Å². The largest absolute Gasteiger partial charge is 0.497 e. The molecule has 148 valence electrons. The number of hydrogen-bond donors (Lipinski definition) is 1. The molecular weight excluding hydrogens is 383 g/mol. The Kier molecular flexibility index (Phi) is 5.05. The van der Waals surface area contributed by atoms with Crippen LogP contribution in [0.3, 0.4) is 0 Å². The van der Waals surface area contributed by atoms with Crippen LogP contribution in [-0.4, -0.2) is 60.9 Å². The quantitative estimate of drug-likeness (QED) is 0.706. The molecule has 4 rings (SSSR count). The maximum atomic E-state index is 13.1. The van der Waals surface area contributed by atoms with Gasteiger partial charge in [0.25, 0.3) is 0 Å². The molecule has 0 saturated carbocycles. The van der Waals surface area contributed by atoms with Crippen molar-refractivity contribution in [1.29, 1.82) is 0 Å². The van der Waals surface area contributed by atoms with Gasteiger partial charge in [-0.2, -0.15) is 4.31 Å². The Morgan fingerprint density at radius 3 is 2.50 bits per heavy atom. The van der Waals surface area contributed by atoms with Gasteiger partial charge in [-0.15, -0.1) is 0 Å². The molecule has 28 heavy (non-hydrogen) atoms. The lowest BCUT2D eigenvalue weighted by molar-refractivity contribution is 0.178. The van der Waals surface area contributed by atoms with E-state index in [0.717, 1.165) is 22.6 Å².